The van der Waals surface area contributed by atoms with Crippen molar-refractivity contribution in [1.82, 2.24) is 4.90 Å². The third-order valence-corrected chi connectivity index (χ3v) is 3.79. The third kappa shape index (κ3) is 2.96. The number of carboxylic acid groups (broad SMARTS) is 2. The second-order valence-corrected chi connectivity index (χ2v) is 4.98. The Labute approximate surface area is 121 Å². The Kier molecular flexibility index (Phi) is 4.11. The Balaban J connectivity index is 2.33. The normalized spacial score (nSPS) is 15.7. The molecular weight excluding hydrogens is 276 g/mol. The van der Waals surface area contributed by atoms with E-state index in [2.05, 4.69) is 0 Å². The number of benzene rings is 1. The number of aromatic carboxylic acids is 2. The number of primary amides is 1. The Hall–Kier alpha value is -2.57. The highest BCUT2D eigenvalue weighted by Gasteiger charge is 2.28. The Morgan fingerprint density at radius 2 is 1.71 bits per heavy atom. The number of nitrogens with zero attached hydrogens (tertiary/aromatic N) is 1. The van der Waals surface area contributed by atoms with Gasteiger partial charge in [0.2, 0.25) is 0 Å². The molecule has 7 nitrogen and oxygen atoms in total. The van der Waals surface area contributed by atoms with Crippen LogP contribution in [0.3, 0.4) is 0 Å². The molecule has 1 aromatic rings. The first kappa shape index (κ1) is 14.8. The number of rotatable bonds is 3. The zero-order valence-electron chi connectivity index (χ0n) is 11.3. The molecule has 21 heavy (non-hydrogen) atoms. The van der Waals surface area contributed by atoms with Crippen LogP contribution in [0.5, 0.6) is 0 Å². The summed E-state index contributed by atoms with van der Waals surface area (Å²) in [5, 5.41) is 18.4. The van der Waals surface area contributed by atoms with E-state index in [9.17, 15) is 19.5 Å². The first-order valence-electron chi connectivity index (χ1n) is 6.55. The van der Waals surface area contributed by atoms with E-state index in [-0.39, 0.29) is 17.0 Å². The minimum atomic E-state index is -1.26. The lowest BCUT2D eigenvalue weighted by Gasteiger charge is -2.31. The molecule has 1 fully saturated rings. The monoisotopic (exact) mass is 292 g/mol. The fourth-order valence-corrected chi connectivity index (χ4v) is 2.74. The number of carboxylic acids is 2. The van der Waals surface area contributed by atoms with Gasteiger partial charge < -0.3 is 20.8 Å². The van der Waals surface area contributed by atoms with Gasteiger partial charge in [0.15, 0.2) is 0 Å². The number of hydrogen-bond acceptors (Lipinski definition) is 3. The Morgan fingerprint density at radius 1 is 1.10 bits per heavy atom. The molecule has 0 saturated carbocycles. The molecule has 0 aromatic heterocycles. The van der Waals surface area contributed by atoms with Crippen molar-refractivity contribution in [2.75, 3.05) is 13.1 Å². The number of piperidine rings is 1. The molecule has 0 atom stereocenters. The van der Waals surface area contributed by atoms with E-state index in [0.717, 1.165) is 0 Å². The number of nitrogens with two attached hydrogens (primary N) is 1. The van der Waals surface area contributed by atoms with Gasteiger partial charge >= 0.3 is 18.0 Å². The lowest BCUT2D eigenvalue weighted by molar-refractivity contribution is 0.0649. The number of likely N-dealkylation sites (tertiary alicyclic amines) is 1. The average Bonchev–Trinajstić information content (AvgIpc) is 2.46. The molecule has 4 N–H and O–H groups in total. The van der Waals surface area contributed by atoms with Gasteiger partial charge in [-0.3, -0.25) is 0 Å². The molecule has 112 valence electrons. The predicted molar refractivity (Wildman–Crippen MR) is 73.5 cm³/mol. The molecule has 0 aliphatic carbocycles. The van der Waals surface area contributed by atoms with E-state index in [1.807, 2.05) is 0 Å². The van der Waals surface area contributed by atoms with Crippen molar-refractivity contribution in [3.05, 3.63) is 34.9 Å². The molecule has 1 aliphatic heterocycles. The summed E-state index contributed by atoms with van der Waals surface area (Å²) < 4.78 is 0. The van der Waals surface area contributed by atoms with Crippen LogP contribution in [0.15, 0.2) is 18.2 Å². The zero-order valence-corrected chi connectivity index (χ0v) is 11.3. The van der Waals surface area contributed by atoms with Crippen molar-refractivity contribution in [1.29, 1.82) is 0 Å². The lowest BCUT2D eigenvalue weighted by atomic mass is 9.85. The molecule has 0 radical (unpaired) electrons. The summed E-state index contributed by atoms with van der Waals surface area (Å²) in [5.41, 5.74) is 5.34. The van der Waals surface area contributed by atoms with Crippen molar-refractivity contribution in [2.45, 2.75) is 18.8 Å². The third-order valence-electron chi connectivity index (χ3n) is 3.79. The van der Waals surface area contributed by atoms with Crippen LogP contribution in [-0.4, -0.2) is 46.2 Å². The van der Waals surface area contributed by atoms with Gasteiger partial charge in [-0.05, 0) is 30.4 Å². The van der Waals surface area contributed by atoms with Gasteiger partial charge in [0, 0.05) is 13.1 Å². The SMILES string of the molecule is NC(=O)N1CCC(c2cccc(C(=O)O)c2C(=O)O)CC1. The molecule has 2 rings (SSSR count). The van der Waals surface area contributed by atoms with Crippen molar-refractivity contribution in [3.8, 4) is 0 Å². The molecule has 7 heteroatoms. The summed E-state index contributed by atoms with van der Waals surface area (Å²) in [7, 11) is 0. The summed E-state index contributed by atoms with van der Waals surface area (Å²) in [6.07, 6.45) is 1.12. The largest absolute Gasteiger partial charge is 0.478 e. The highest BCUT2D eigenvalue weighted by Crippen LogP contribution is 2.31. The van der Waals surface area contributed by atoms with Gasteiger partial charge in [-0.15, -0.1) is 0 Å². The van der Waals surface area contributed by atoms with Crippen LogP contribution in [0.1, 0.15) is 45.0 Å². The van der Waals surface area contributed by atoms with Gasteiger partial charge in [0.05, 0.1) is 11.1 Å². The van der Waals surface area contributed by atoms with E-state index in [1.165, 1.54) is 11.0 Å². The van der Waals surface area contributed by atoms with Gasteiger partial charge in [-0.25, -0.2) is 14.4 Å². The summed E-state index contributed by atoms with van der Waals surface area (Å²) in [4.78, 5) is 35.2. The van der Waals surface area contributed by atoms with Gasteiger partial charge in [0.25, 0.3) is 0 Å². The fraction of sp³-hybridized carbons (Fsp3) is 0.357. The van der Waals surface area contributed by atoms with E-state index >= 15 is 0 Å². The smallest absolute Gasteiger partial charge is 0.336 e. The average molecular weight is 292 g/mol. The van der Waals surface area contributed by atoms with Crippen LogP contribution in [0.2, 0.25) is 0 Å². The number of amides is 2. The summed E-state index contributed by atoms with van der Waals surface area (Å²) in [6, 6.07) is 3.98. The highest BCUT2D eigenvalue weighted by atomic mass is 16.4. The van der Waals surface area contributed by atoms with Crippen molar-refractivity contribution < 1.29 is 24.6 Å². The molecule has 2 amide bonds. The van der Waals surface area contributed by atoms with Crippen LogP contribution in [0, 0.1) is 0 Å². The minimum Gasteiger partial charge on any atom is -0.478 e. The maximum Gasteiger partial charge on any atom is 0.336 e. The zero-order chi connectivity index (χ0) is 15.6. The summed E-state index contributed by atoms with van der Waals surface area (Å²) in [5.74, 6) is -2.60. The van der Waals surface area contributed by atoms with Crippen LogP contribution < -0.4 is 5.73 Å². The van der Waals surface area contributed by atoms with Gasteiger partial charge in [-0.1, -0.05) is 12.1 Å². The van der Waals surface area contributed by atoms with E-state index in [1.54, 1.807) is 12.1 Å². The first-order valence-corrected chi connectivity index (χ1v) is 6.55. The van der Waals surface area contributed by atoms with Crippen LogP contribution in [0.4, 0.5) is 4.79 Å². The molecule has 0 spiro atoms. The second-order valence-electron chi connectivity index (χ2n) is 4.98. The van der Waals surface area contributed by atoms with Crippen molar-refractivity contribution in [3.63, 3.8) is 0 Å². The molecular formula is C14H16N2O5. The number of hydrogen-bond donors (Lipinski definition) is 3. The standard InChI is InChI=1S/C14H16N2O5/c15-14(21)16-6-4-8(5-7-16)9-2-1-3-10(12(17)18)11(9)13(19)20/h1-3,8H,4-7H2,(H2,15,21)(H,17,18)(H,19,20). The lowest BCUT2D eigenvalue weighted by Crippen LogP contribution is -2.41. The van der Waals surface area contributed by atoms with E-state index in [4.69, 9.17) is 10.8 Å². The van der Waals surface area contributed by atoms with Crippen LogP contribution in [-0.2, 0) is 0 Å². The predicted octanol–water partition coefficient (Wildman–Crippen LogP) is 1.34. The van der Waals surface area contributed by atoms with Crippen molar-refractivity contribution in [2.24, 2.45) is 5.73 Å². The van der Waals surface area contributed by atoms with Crippen LogP contribution >= 0.6 is 0 Å². The molecule has 1 aromatic carbocycles. The molecule has 0 bridgehead atoms. The Bertz CT molecular complexity index is 591. The van der Waals surface area contributed by atoms with Gasteiger partial charge in [-0.2, -0.15) is 0 Å². The second kappa shape index (κ2) is 5.82. The molecule has 0 unspecified atom stereocenters. The van der Waals surface area contributed by atoms with Crippen molar-refractivity contribution >= 4 is 18.0 Å². The maximum absolute atomic E-state index is 11.4. The van der Waals surface area contributed by atoms with E-state index < -0.39 is 18.0 Å². The molecule has 1 saturated heterocycles. The summed E-state index contributed by atoms with van der Waals surface area (Å²) in [6.45, 7) is 0.882. The number of carbonyl (C=O) groups excluding carboxylic acids is 1. The number of urea groups is 1. The number of carbonyl (C=O) groups is 3. The van der Waals surface area contributed by atoms with Gasteiger partial charge in [0.1, 0.15) is 0 Å². The van der Waals surface area contributed by atoms with Crippen LogP contribution in [0.25, 0.3) is 0 Å². The fourth-order valence-electron chi connectivity index (χ4n) is 2.74. The maximum atomic E-state index is 11.4. The minimum absolute atomic E-state index is 0.0917. The quantitative estimate of drug-likeness (QED) is 0.776. The first-order chi connectivity index (χ1) is 9.91. The molecule has 1 aliphatic rings. The topological polar surface area (TPSA) is 121 Å². The highest BCUT2D eigenvalue weighted by molar-refractivity contribution is 6.02. The van der Waals surface area contributed by atoms with E-state index in [0.29, 0.717) is 31.5 Å². The summed E-state index contributed by atoms with van der Waals surface area (Å²) >= 11 is 0. The Morgan fingerprint density at radius 3 is 2.19 bits per heavy atom. The molecule has 1 heterocycles.